The molecule has 1 amide bonds. The molecule has 0 unspecified atom stereocenters. The van der Waals surface area contributed by atoms with Crippen molar-refractivity contribution in [2.24, 2.45) is 5.92 Å². The van der Waals surface area contributed by atoms with E-state index in [2.05, 4.69) is 19.7 Å². The Balaban J connectivity index is 2.11. The first kappa shape index (κ1) is 19.2. The fourth-order valence-electron chi connectivity index (χ4n) is 3.15. The minimum Gasteiger partial charge on any atom is -0.444 e. The summed E-state index contributed by atoms with van der Waals surface area (Å²) >= 11 is 0. The number of hydrogen-bond donors (Lipinski definition) is 0. The first-order chi connectivity index (χ1) is 11.8. The van der Waals surface area contributed by atoms with Gasteiger partial charge < -0.3 is 4.74 Å². The lowest BCUT2D eigenvalue weighted by molar-refractivity contribution is -0.119. The zero-order chi connectivity index (χ0) is 18.4. The van der Waals surface area contributed by atoms with E-state index in [4.69, 9.17) is 4.74 Å². The number of benzene rings is 1. The first-order valence-corrected chi connectivity index (χ1v) is 12.1. The predicted octanol–water partition coefficient (Wildman–Crippen LogP) is 4.62. The van der Waals surface area contributed by atoms with Gasteiger partial charge in [-0.2, -0.15) is 0 Å². The third-order valence-corrected chi connectivity index (χ3v) is 7.57. The molecule has 2 atom stereocenters. The molecule has 5 heteroatoms. The number of amides is 1. The molecule has 1 heterocycles. The van der Waals surface area contributed by atoms with E-state index in [0.717, 1.165) is 17.7 Å². The van der Waals surface area contributed by atoms with E-state index < -0.39 is 14.2 Å². The van der Waals surface area contributed by atoms with Crippen LogP contribution in [0.1, 0.15) is 12.5 Å². The van der Waals surface area contributed by atoms with Gasteiger partial charge in [-0.1, -0.05) is 56.4 Å². The Morgan fingerprint density at radius 3 is 2.64 bits per heavy atom. The summed E-state index contributed by atoms with van der Waals surface area (Å²) in [6.07, 6.45) is 4.61. The minimum atomic E-state index is -1.59. The quantitative estimate of drug-likeness (QED) is 0.551. The molecular weight excluding hydrogens is 330 g/mol. The molecule has 0 saturated carbocycles. The molecule has 25 heavy (non-hydrogen) atoms. The van der Waals surface area contributed by atoms with Crippen LogP contribution in [0.3, 0.4) is 0 Å². The molecule has 0 N–H and O–H groups in total. The maximum Gasteiger partial charge on any atom is 0.414 e. The number of allylic oxidation sites excluding steroid dienone is 2. The Hall–Kier alpha value is -2.14. The van der Waals surface area contributed by atoms with Crippen molar-refractivity contribution in [3.63, 3.8) is 0 Å². The average molecular weight is 358 g/mol. The van der Waals surface area contributed by atoms with Crippen molar-refractivity contribution in [3.8, 4) is 0 Å². The summed E-state index contributed by atoms with van der Waals surface area (Å²) in [5.41, 5.74) is 0.943. The molecule has 0 radical (unpaired) electrons. The normalized spacial score (nSPS) is 20.4. The molecule has 0 aliphatic carbocycles. The molecule has 2 rings (SSSR count). The van der Waals surface area contributed by atoms with E-state index in [9.17, 15) is 9.59 Å². The van der Waals surface area contributed by atoms with Gasteiger partial charge in [0.05, 0.1) is 8.07 Å². The van der Waals surface area contributed by atoms with Crippen LogP contribution in [-0.4, -0.2) is 30.9 Å². The molecule has 0 saturated heterocycles. The number of nitrogens with zero attached hydrogens (tertiary/aromatic N) is 1. The van der Waals surface area contributed by atoms with Crippen LogP contribution in [0.5, 0.6) is 0 Å². The lowest BCUT2D eigenvalue weighted by atomic mass is 9.94. The van der Waals surface area contributed by atoms with Crippen LogP contribution in [0.15, 0.2) is 55.3 Å². The van der Waals surface area contributed by atoms with E-state index in [-0.39, 0.29) is 24.3 Å². The number of rotatable bonds is 6. The molecule has 1 aromatic carbocycles. The highest BCUT2D eigenvalue weighted by Crippen LogP contribution is 2.29. The second-order valence-corrected chi connectivity index (χ2v) is 12.5. The summed E-state index contributed by atoms with van der Waals surface area (Å²) in [4.78, 5) is 26.3. The smallest absolute Gasteiger partial charge is 0.414 e. The van der Waals surface area contributed by atoms with Gasteiger partial charge in [0.25, 0.3) is 0 Å². The van der Waals surface area contributed by atoms with E-state index >= 15 is 0 Å². The maximum absolute atomic E-state index is 12.6. The van der Waals surface area contributed by atoms with Crippen LogP contribution < -0.4 is 0 Å². The molecule has 0 fully saturated rings. The zero-order valence-electron chi connectivity index (χ0n) is 15.3. The summed E-state index contributed by atoms with van der Waals surface area (Å²) in [5, 5.41) is 0. The Labute approximate surface area is 151 Å². The van der Waals surface area contributed by atoms with Crippen molar-refractivity contribution in [3.05, 3.63) is 60.8 Å². The molecule has 1 aromatic rings. The molecule has 0 aromatic heterocycles. The zero-order valence-corrected chi connectivity index (χ0v) is 16.3. The maximum atomic E-state index is 12.6. The Morgan fingerprint density at radius 1 is 1.32 bits per heavy atom. The molecule has 0 spiro atoms. The Morgan fingerprint density at radius 2 is 2.00 bits per heavy atom. The molecule has 134 valence electrons. The molecule has 4 nitrogen and oxygen atoms in total. The molecule has 0 bridgehead atoms. The second-order valence-electron chi connectivity index (χ2n) is 7.38. The van der Waals surface area contributed by atoms with Crippen LogP contribution in [0.4, 0.5) is 4.79 Å². The van der Waals surface area contributed by atoms with Gasteiger partial charge in [-0.15, -0.1) is 6.58 Å². The Kier molecular flexibility index (Phi) is 6.37. The third kappa shape index (κ3) is 5.16. The van der Waals surface area contributed by atoms with E-state index in [1.165, 1.54) is 6.08 Å². The van der Waals surface area contributed by atoms with Crippen molar-refractivity contribution in [1.29, 1.82) is 0 Å². The van der Waals surface area contributed by atoms with Crippen molar-refractivity contribution in [2.75, 3.05) is 0 Å². The highest BCUT2D eigenvalue weighted by molar-refractivity contribution is 6.78. The van der Waals surface area contributed by atoms with Crippen LogP contribution in [0.25, 0.3) is 0 Å². The van der Waals surface area contributed by atoms with Crippen LogP contribution in [0.2, 0.25) is 25.2 Å². The van der Waals surface area contributed by atoms with Crippen molar-refractivity contribution >= 4 is 20.0 Å². The third-order valence-electron chi connectivity index (χ3n) is 4.66. The first-order valence-electron chi connectivity index (χ1n) is 8.66. The number of carbonyl (C=O) groups excluding carboxylic acids is 2. The highest BCUT2D eigenvalue weighted by atomic mass is 28.3. The molecule has 1 aliphatic rings. The van der Waals surface area contributed by atoms with Gasteiger partial charge in [-0.05, 0) is 23.7 Å². The monoisotopic (exact) mass is 357 g/mol. The second kappa shape index (κ2) is 8.29. The number of carbonyl (C=O) groups is 2. The number of hydrogen-bond acceptors (Lipinski definition) is 3. The van der Waals surface area contributed by atoms with E-state index in [0.29, 0.717) is 0 Å². The van der Waals surface area contributed by atoms with Gasteiger partial charge in [-0.25, -0.2) is 4.79 Å². The standard InChI is InChI=1S/C20H27NO3Si/c1-5-13-25(3,4)15-18-16(2)19(22)11-12-21(18)20(23)24-14-17-9-7-6-8-10-17/h5-12,16,18H,1,13-15H2,2-4H3/t16-,18-/m1/s1. The van der Waals surface area contributed by atoms with Gasteiger partial charge in [0.2, 0.25) is 0 Å². The van der Waals surface area contributed by atoms with Gasteiger partial charge in [-0.3, -0.25) is 9.69 Å². The number of ether oxygens (including phenoxy) is 1. The topological polar surface area (TPSA) is 46.6 Å². The Bertz CT molecular complexity index is 654. The fourth-order valence-corrected chi connectivity index (χ4v) is 5.78. The van der Waals surface area contributed by atoms with Crippen LogP contribution in [0, 0.1) is 5.92 Å². The summed E-state index contributed by atoms with van der Waals surface area (Å²) in [6.45, 7) is 10.5. The van der Waals surface area contributed by atoms with Crippen molar-refractivity contribution in [2.45, 2.75) is 44.8 Å². The van der Waals surface area contributed by atoms with Gasteiger partial charge in [0.1, 0.15) is 6.61 Å². The lowest BCUT2D eigenvalue weighted by Crippen LogP contribution is -2.49. The van der Waals surface area contributed by atoms with E-state index in [1.807, 2.05) is 43.3 Å². The van der Waals surface area contributed by atoms with Crippen molar-refractivity contribution < 1.29 is 14.3 Å². The fraction of sp³-hybridized carbons (Fsp3) is 0.400. The SMILES string of the molecule is C=CC[Si](C)(C)C[C@@H]1[C@@H](C)C(=O)C=CN1C(=O)OCc1ccccc1. The van der Waals surface area contributed by atoms with E-state index in [1.54, 1.807) is 11.1 Å². The van der Waals surface area contributed by atoms with Crippen LogP contribution >= 0.6 is 0 Å². The highest BCUT2D eigenvalue weighted by Gasteiger charge is 2.38. The van der Waals surface area contributed by atoms with Crippen molar-refractivity contribution in [1.82, 2.24) is 4.90 Å². The largest absolute Gasteiger partial charge is 0.444 e. The molecular formula is C20H27NO3Si. The van der Waals surface area contributed by atoms with Gasteiger partial charge in [0, 0.05) is 18.2 Å². The van der Waals surface area contributed by atoms with Gasteiger partial charge >= 0.3 is 6.09 Å². The predicted molar refractivity (Wildman–Crippen MR) is 103 cm³/mol. The molecule has 1 aliphatic heterocycles. The summed E-state index contributed by atoms with van der Waals surface area (Å²) < 4.78 is 5.48. The summed E-state index contributed by atoms with van der Waals surface area (Å²) in [5.74, 6) is -0.147. The number of ketones is 1. The minimum absolute atomic E-state index is 0.0699. The van der Waals surface area contributed by atoms with Crippen LogP contribution in [-0.2, 0) is 16.1 Å². The summed E-state index contributed by atoms with van der Waals surface area (Å²) in [7, 11) is -1.59. The van der Waals surface area contributed by atoms with Gasteiger partial charge in [0.15, 0.2) is 5.78 Å². The average Bonchev–Trinajstić information content (AvgIpc) is 2.58. The lowest BCUT2D eigenvalue weighted by Gasteiger charge is -2.38. The summed E-state index contributed by atoms with van der Waals surface area (Å²) in [6, 6.07) is 11.2.